The van der Waals surface area contributed by atoms with Gasteiger partial charge in [0.15, 0.2) is 0 Å². The molecule has 4 rings (SSSR count). The zero-order valence-electron chi connectivity index (χ0n) is 15.2. The minimum atomic E-state index is -0.120. The minimum Gasteiger partial charge on any atom is -0.347 e. The maximum atomic E-state index is 12.6. The summed E-state index contributed by atoms with van der Waals surface area (Å²) in [5, 5.41) is 6.12. The van der Waals surface area contributed by atoms with Crippen LogP contribution in [-0.2, 0) is 6.42 Å². The Kier molecular flexibility index (Phi) is 5.05. The average Bonchev–Trinajstić information content (AvgIpc) is 3.30. The van der Waals surface area contributed by atoms with Crippen LogP contribution in [-0.4, -0.2) is 47.0 Å². The lowest BCUT2D eigenvalue weighted by Gasteiger charge is -2.33. The number of nitrogens with one attached hydrogen (secondary N) is 2. The van der Waals surface area contributed by atoms with E-state index in [9.17, 15) is 9.59 Å². The number of aromatic nitrogens is 1. The van der Waals surface area contributed by atoms with Gasteiger partial charge < -0.3 is 15.5 Å². The number of hydrogen-bond acceptors (Lipinski definition) is 3. The van der Waals surface area contributed by atoms with E-state index in [2.05, 4.69) is 27.8 Å². The van der Waals surface area contributed by atoms with Crippen molar-refractivity contribution in [3.05, 3.63) is 66.0 Å². The second-order valence-electron chi connectivity index (χ2n) is 7.35. The van der Waals surface area contributed by atoms with Crippen molar-refractivity contribution < 1.29 is 9.59 Å². The summed E-state index contributed by atoms with van der Waals surface area (Å²) in [5.41, 5.74) is 1.77. The number of benzene rings is 1. The van der Waals surface area contributed by atoms with E-state index in [1.165, 1.54) is 5.56 Å². The topological polar surface area (TPSA) is 74.3 Å². The molecule has 3 atom stereocenters. The minimum absolute atomic E-state index is 0.0105. The maximum absolute atomic E-state index is 12.6. The lowest BCUT2D eigenvalue weighted by atomic mass is 10.1. The molecule has 2 bridgehead atoms. The summed E-state index contributed by atoms with van der Waals surface area (Å²) in [6.07, 6.45) is 5.93. The molecule has 0 radical (unpaired) electrons. The molecule has 1 saturated carbocycles. The highest BCUT2D eigenvalue weighted by atomic mass is 16.2. The normalized spacial score (nSPS) is 23.3. The van der Waals surface area contributed by atoms with Gasteiger partial charge in [-0.3, -0.25) is 9.78 Å². The molecular formula is C21H24N4O2. The molecule has 1 aliphatic heterocycles. The molecule has 6 nitrogen and oxygen atoms in total. The Balaban J connectivity index is 1.31. The molecule has 1 saturated heterocycles. The third-order valence-corrected chi connectivity index (χ3v) is 5.52. The predicted molar refractivity (Wildman–Crippen MR) is 102 cm³/mol. The molecule has 1 aromatic carbocycles. The molecule has 1 aromatic heterocycles. The Morgan fingerprint density at radius 3 is 2.70 bits per heavy atom. The SMILES string of the molecule is O=C(NC1CC2CC1N(C(=O)NCCc1ccccc1)C2)c1cccnc1. The number of rotatable bonds is 5. The molecule has 0 spiro atoms. The van der Waals surface area contributed by atoms with Crippen molar-refractivity contribution in [3.8, 4) is 0 Å². The molecule has 2 fully saturated rings. The quantitative estimate of drug-likeness (QED) is 0.854. The number of amides is 3. The van der Waals surface area contributed by atoms with Gasteiger partial charge >= 0.3 is 6.03 Å². The number of nitrogens with zero attached hydrogens (tertiary/aromatic N) is 2. The summed E-state index contributed by atoms with van der Waals surface area (Å²) in [5.74, 6) is 0.346. The maximum Gasteiger partial charge on any atom is 0.317 e. The number of fused-ring (bicyclic) bond motifs is 2. The summed E-state index contributed by atoms with van der Waals surface area (Å²) in [4.78, 5) is 30.9. The van der Waals surface area contributed by atoms with Crippen molar-refractivity contribution in [1.29, 1.82) is 0 Å². The van der Waals surface area contributed by atoms with Gasteiger partial charge in [-0.1, -0.05) is 30.3 Å². The fourth-order valence-electron chi connectivity index (χ4n) is 4.22. The molecule has 2 heterocycles. The van der Waals surface area contributed by atoms with Gasteiger partial charge in [-0.05, 0) is 42.9 Å². The highest BCUT2D eigenvalue weighted by molar-refractivity contribution is 5.94. The van der Waals surface area contributed by atoms with E-state index in [0.29, 0.717) is 18.0 Å². The smallest absolute Gasteiger partial charge is 0.317 e. The Labute approximate surface area is 159 Å². The van der Waals surface area contributed by atoms with E-state index >= 15 is 0 Å². The molecule has 2 N–H and O–H groups in total. The first kappa shape index (κ1) is 17.5. The van der Waals surface area contributed by atoms with Crippen LogP contribution in [0.25, 0.3) is 0 Å². The van der Waals surface area contributed by atoms with Gasteiger partial charge in [0, 0.05) is 31.5 Å². The molecule has 1 aliphatic carbocycles. The van der Waals surface area contributed by atoms with Crippen LogP contribution in [0, 0.1) is 5.92 Å². The van der Waals surface area contributed by atoms with Crippen LogP contribution < -0.4 is 10.6 Å². The first-order valence-corrected chi connectivity index (χ1v) is 9.50. The fraction of sp³-hybridized carbons (Fsp3) is 0.381. The van der Waals surface area contributed by atoms with E-state index in [4.69, 9.17) is 0 Å². The molecule has 2 aromatic rings. The van der Waals surface area contributed by atoms with Crippen LogP contribution in [0.2, 0.25) is 0 Å². The van der Waals surface area contributed by atoms with E-state index in [0.717, 1.165) is 25.8 Å². The van der Waals surface area contributed by atoms with Crippen LogP contribution in [0.4, 0.5) is 4.79 Å². The van der Waals surface area contributed by atoms with Gasteiger partial charge in [0.05, 0.1) is 11.6 Å². The second kappa shape index (κ2) is 7.78. The second-order valence-corrected chi connectivity index (χ2v) is 7.35. The molecule has 2 aliphatic rings. The zero-order chi connectivity index (χ0) is 18.6. The number of carbonyl (C=O) groups is 2. The first-order valence-electron chi connectivity index (χ1n) is 9.50. The van der Waals surface area contributed by atoms with E-state index in [-0.39, 0.29) is 24.0 Å². The van der Waals surface area contributed by atoms with Crippen LogP contribution in [0.1, 0.15) is 28.8 Å². The monoisotopic (exact) mass is 364 g/mol. The summed E-state index contributed by atoms with van der Waals surface area (Å²) in [6, 6.07) is 13.7. The molecule has 140 valence electrons. The number of urea groups is 1. The van der Waals surface area contributed by atoms with Crippen molar-refractivity contribution in [1.82, 2.24) is 20.5 Å². The van der Waals surface area contributed by atoms with Gasteiger partial charge in [0.25, 0.3) is 5.91 Å². The molecule has 6 heteroatoms. The van der Waals surface area contributed by atoms with E-state index in [1.807, 2.05) is 23.1 Å². The standard InChI is InChI=1S/C21H24N4O2/c26-20(17-7-4-9-22-13-17)24-18-11-16-12-19(18)25(14-16)21(27)23-10-8-15-5-2-1-3-6-15/h1-7,9,13,16,18-19H,8,10-12,14H2,(H,23,27)(H,24,26). The van der Waals surface area contributed by atoms with Gasteiger partial charge in [-0.25, -0.2) is 4.79 Å². The number of hydrogen-bond donors (Lipinski definition) is 2. The summed E-state index contributed by atoms with van der Waals surface area (Å²) in [6.45, 7) is 1.39. The van der Waals surface area contributed by atoms with Gasteiger partial charge in [0.2, 0.25) is 0 Å². The van der Waals surface area contributed by atoms with Crippen LogP contribution in [0.5, 0.6) is 0 Å². The molecule has 27 heavy (non-hydrogen) atoms. The highest BCUT2D eigenvalue weighted by Gasteiger charge is 2.47. The number of piperidine rings is 1. The Morgan fingerprint density at radius 1 is 1.11 bits per heavy atom. The number of pyridine rings is 1. The average molecular weight is 364 g/mol. The van der Waals surface area contributed by atoms with Gasteiger partial charge in [-0.15, -0.1) is 0 Å². The van der Waals surface area contributed by atoms with E-state index < -0.39 is 0 Å². The fourth-order valence-corrected chi connectivity index (χ4v) is 4.22. The van der Waals surface area contributed by atoms with Gasteiger partial charge in [-0.2, -0.15) is 0 Å². The van der Waals surface area contributed by atoms with Crippen molar-refractivity contribution >= 4 is 11.9 Å². The number of likely N-dealkylation sites (tertiary alicyclic amines) is 1. The largest absolute Gasteiger partial charge is 0.347 e. The van der Waals surface area contributed by atoms with Crippen molar-refractivity contribution in [2.45, 2.75) is 31.3 Å². The summed E-state index contributed by atoms with van der Waals surface area (Å²) < 4.78 is 0. The third kappa shape index (κ3) is 3.94. The summed E-state index contributed by atoms with van der Waals surface area (Å²) >= 11 is 0. The molecular weight excluding hydrogens is 340 g/mol. The van der Waals surface area contributed by atoms with Gasteiger partial charge in [0.1, 0.15) is 0 Å². The zero-order valence-corrected chi connectivity index (χ0v) is 15.2. The highest BCUT2D eigenvalue weighted by Crippen LogP contribution is 2.37. The Hall–Kier alpha value is -2.89. The third-order valence-electron chi connectivity index (χ3n) is 5.52. The van der Waals surface area contributed by atoms with Crippen molar-refractivity contribution in [3.63, 3.8) is 0 Å². The predicted octanol–water partition coefficient (Wildman–Crippen LogP) is 2.23. The van der Waals surface area contributed by atoms with E-state index in [1.54, 1.807) is 24.5 Å². The van der Waals surface area contributed by atoms with Crippen LogP contribution in [0.3, 0.4) is 0 Å². The first-order chi connectivity index (χ1) is 13.2. The van der Waals surface area contributed by atoms with Crippen molar-refractivity contribution in [2.75, 3.05) is 13.1 Å². The number of carbonyl (C=O) groups excluding carboxylic acids is 2. The van der Waals surface area contributed by atoms with Crippen molar-refractivity contribution in [2.24, 2.45) is 5.92 Å². The Morgan fingerprint density at radius 2 is 1.96 bits per heavy atom. The lowest BCUT2D eigenvalue weighted by Crippen LogP contribution is -2.54. The molecule has 3 unspecified atom stereocenters. The molecule has 3 amide bonds. The lowest BCUT2D eigenvalue weighted by molar-refractivity contribution is 0.0902. The van der Waals surface area contributed by atoms with Crippen LogP contribution >= 0.6 is 0 Å². The Bertz CT molecular complexity index is 796. The van der Waals surface area contributed by atoms with Crippen LogP contribution in [0.15, 0.2) is 54.9 Å². The summed E-state index contributed by atoms with van der Waals surface area (Å²) in [7, 11) is 0.